The number of nitrogens with zero attached hydrogens (tertiary/aromatic N) is 1. The van der Waals surface area contributed by atoms with E-state index in [0.29, 0.717) is 23.2 Å². The number of hydrogen-bond acceptors (Lipinski definition) is 5. The van der Waals surface area contributed by atoms with Gasteiger partial charge in [0.05, 0.1) is 17.3 Å². The van der Waals surface area contributed by atoms with Gasteiger partial charge in [0.15, 0.2) is 16.6 Å². The molecule has 4 rings (SSSR count). The highest BCUT2D eigenvalue weighted by molar-refractivity contribution is 9.10. The van der Waals surface area contributed by atoms with Crippen LogP contribution in [0.4, 0.5) is 5.13 Å². The third-order valence-corrected chi connectivity index (χ3v) is 6.79. The lowest BCUT2D eigenvalue weighted by molar-refractivity contribution is -0.111. The molecule has 0 bridgehead atoms. The first-order valence-electron chi connectivity index (χ1n) is 11.0. The van der Waals surface area contributed by atoms with Gasteiger partial charge in [-0.25, -0.2) is 4.98 Å². The molecular weight excluding hydrogens is 524 g/mol. The molecule has 0 spiro atoms. The molecular formula is C28H25BrN2O3S. The van der Waals surface area contributed by atoms with E-state index in [1.54, 1.807) is 13.2 Å². The third kappa shape index (κ3) is 6.38. The molecule has 35 heavy (non-hydrogen) atoms. The molecule has 178 valence electrons. The lowest BCUT2D eigenvalue weighted by atomic mass is 10.1. The number of aryl methyl sites for hydroxylation is 2. The minimum Gasteiger partial charge on any atom is -0.493 e. The van der Waals surface area contributed by atoms with E-state index in [1.165, 1.54) is 28.5 Å². The van der Waals surface area contributed by atoms with Crippen LogP contribution in [0.3, 0.4) is 0 Å². The van der Waals surface area contributed by atoms with Crippen molar-refractivity contribution in [2.24, 2.45) is 0 Å². The smallest absolute Gasteiger partial charge is 0.250 e. The van der Waals surface area contributed by atoms with Crippen LogP contribution in [0.15, 0.2) is 76.6 Å². The van der Waals surface area contributed by atoms with Gasteiger partial charge in [-0.2, -0.15) is 0 Å². The second-order valence-corrected chi connectivity index (χ2v) is 9.68. The van der Waals surface area contributed by atoms with Crippen LogP contribution in [0, 0.1) is 13.8 Å². The van der Waals surface area contributed by atoms with Crippen LogP contribution >= 0.6 is 27.3 Å². The first kappa shape index (κ1) is 24.7. The number of ether oxygens (including phenoxy) is 2. The molecule has 1 amide bonds. The Morgan fingerprint density at radius 2 is 1.89 bits per heavy atom. The first-order chi connectivity index (χ1) is 16.9. The highest BCUT2D eigenvalue weighted by atomic mass is 79.9. The van der Waals surface area contributed by atoms with Crippen LogP contribution in [0.25, 0.3) is 17.3 Å². The first-order valence-corrected chi connectivity index (χ1v) is 12.7. The molecule has 0 fully saturated rings. The molecule has 4 aromatic rings. The Balaban J connectivity index is 1.42. The molecule has 1 heterocycles. The van der Waals surface area contributed by atoms with E-state index in [9.17, 15) is 4.79 Å². The highest BCUT2D eigenvalue weighted by Gasteiger charge is 2.12. The Morgan fingerprint density at radius 3 is 2.63 bits per heavy atom. The van der Waals surface area contributed by atoms with E-state index in [-0.39, 0.29) is 5.91 Å². The van der Waals surface area contributed by atoms with E-state index >= 15 is 0 Å². The van der Waals surface area contributed by atoms with Gasteiger partial charge in [-0.05, 0) is 76.3 Å². The van der Waals surface area contributed by atoms with Gasteiger partial charge in [0.1, 0.15) is 6.61 Å². The lowest BCUT2D eigenvalue weighted by Gasteiger charge is -2.13. The second kappa shape index (κ2) is 11.3. The van der Waals surface area contributed by atoms with Crippen LogP contribution in [0.5, 0.6) is 11.5 Å². The summed E-state index contributed by atoms with van der Waals surface area (Å²) in [6.45, 7) is 4.58. The second-order valence-electron chi connectivity index (χ2n) is 7.97. The van der Waals surface area contributed by atoms with E-state index in [1.807, 2.05) is 53.9 Å². The summed E-state index contributed by atoms with van der Waals surface area (Å²) in [5, 5.41) is 5.33. The van der Waals surface area contributed by atoms with Crippen LogP contribution in [0.1, 0.15) is 22.3 Å². The van der Waals surface area contributed by atoms with Gasteiger partial charge in [0.2, 0.25) is 5.91 Å². The van der Waals surface area contributed by atoms with Crippen LogP contribution < -0.4 is 14.8 Å². The molecule has 7 heteroatoms. The molecule has 1 N–H and O–H groups in total. The zero-order valence-electron chi connectivity index (χ0n) is 19.7. The number of anilines is 1. The quantitative estimate of drug-likeness (QED) is 0.232. The van der Waals surface area contributed by atoms with E-state index < -0.39 is 0 Å². The maximum Gasteiger partial charge on any atom is 0.250 e. The predicted molar refractivity (Wildman–Crippen MR) is 146 cm³/mol. The van der Waals surface area contributed by atoms with Crippen molar-refractivity contribution >= 4 is 44.4 Å². The van der Waals surface area contributed by atoms with Gasteiger partial charge in [-0.3, -0.25) is 10.1 Å². The highest BCUT2D eigenvalue weighted by Crippen LogP contribution is 2.37. The topological polar surface area (TPSA) is 60.5 Å². The van der Waals surface area contributed by atoms with Crippen molar-refractivity contribution in [1.82, 2.24) is 4.98 Å². The number of aromatic nitrogens is 1. The molecule has 1 aromatic heterocycles. The summed E-state index contributed by atoms with van der Waals surface area (Å²) in [5.41, 5.74) is 6.18. The number of rotatable bonds is 8. The van der Waals surface area contributed by atoms with E-state index in [0.717, 1.165) is 26.9 Å². The molecule has 3 aromatic carbocycles. The molecule has 0 atom stereocenters. The van der Waals surface area contributed by atoms with Crippen LogP contribution in [-0.2, 0) is 11.4 Å². The fourth-order valence-electron chi connectivity index (χ4n) is 3.39. The summed E-state index contributed by atoms with van der Waals surface area (Å²) in [5.74, 6) is 0.929. The number of carbonyl (C=O) groups excluding carboxylic acids is 1. The number of amides is 1. The summed E-state index contributed by atoms with van der Waals surface area (Å²) in [6, 6.07) is 19.9. The Bertz CT molecular complexity index is 1370. The molecule has 0 saturated carbocycles. The molecule has 0 saturated heterocycles. The summed E-state index contributed by atoms with van der Waals surface area (Å²) in [4.78, 5) is 17.1. The Kier molecular flexibility index (Phi) is 8.00. The number of hydrogen-bond donors (Lipinski definition) is 1. The van der Waals surface area contributed by atoms with Crippen molar-refractivity contribution in [2.45, 2.75) is 20.5 Å². The monoisotopic (exact) mass is 548 g/mol. The average Bonchev–Trinajstić information content (AvgIpc) is 3.32. The number of thiazole rings is 1. The zero-order valence-corrected chi connectivity index (χ0v) is 22.1. The third-order valence-electron chi connectivity index (χ3n) is 5.44. The SMILES string of the molecule is COc1cc(C=CC(=O)Nc2nc(-c3ccc(C)c(C)c3)cs2)cc(Br)c1OCc1ccccc1. The molecule has 5 nitrogen and oxygen atoms in total. The van der Waals surface area contributed by atoms with Gasteiger partial charge < -0.3 is 9.47 Å². The van der Waals surface area contributed by atoms with E-state index in [4.69, 9.17) is 9.47 Å². The van der Waals surface area contributed by atoms with Gasteiger partial charge in [-0.1, -0.05) is 42.5 Å². The number of nitrogens with one attached hydrogen (secondary N) is 1. The van der Waals surface area contributed by atoms with Crippen molar-refractivity contribution in [1.29, 1.82) is 0 Å². The molecule has 0 aliphatic carbocycles. The Morgan fingerprint density at radius 1 is 1.09 bits per heavy atom. The number of carbonyl (C=O) groups is 1. The summed E-state index contributed by atoms with van der Waals surface area (Å²) in [7, 11) is 1.59. The number of benzene rings is 3. The maximum absolute atomic E-state index is 12.5. The molecule has 0 aliphatic heterocycles. The Hall–Kier alpha value is -3.42. The van der Waals surface area contributed by atoms with Crippen molar-refractivity contribution < 1.29 is 14.3 Å². The number of methoxy groups -OCH3 is 1. The van der Waals surface area contributed by atoms with Crippen molar-refractivity contribution in [3.63, 3.8) is 0 Å². The van der Waals surface area contributed by atoms with Gasteiger partial charge in [0, 0.05) is 17.0 Å². The fourth-order valence-corrected chi connectivity index (χ4v) is 4.69. The van der Waals surface area contributed by atoms with Crippen LogP contribution in [-0.4, -0.2) is 18.0 Å². The van der Waals surface area contributed by atoms with Gasteiger partial charge in [0.25, 0.3) is 0 Å². The normalized spacial score (nSPS) is 11.0. The standard InChI is InChI=1S/C28H25BrN2O3S/c1-18-9-11-22(13-19(18)2)24-17-35-28(30-24)31-26(32)12-10-21-14-23(29)27(25(15-21)33-3)34-16-20-7-5-4-6-8-20/h4-15,17H,16H2,1-3H3,(H,30,31,32). The molecule has 0 radical (unpaired) electrons. The minimum atomic E-state index is -0.259. The van der Waals surface area contributed by atoms with Gasteiger partial charge >= 0.3 is 0 Å². The van der Waals surface area contributed by atoms with E-state index in [2.05, 4.69) is 52.2 Å². The fraction of sp³-hybridized carbons (Fsp3) is 0.143. The number of halogens is 1. The Labute approximate surface area is 217 Å². The lowest BCUT2D eigenvalue weighted by Crippen LogP contribution is -2.07. The maximum atomic E-state index is 12.5. The average molecular weight is 549 g/mol. The summed E-state index contributed by atoms with van der Waals surface area (Å²) < 4.78 is 12.2. The van der Waals surface area contributed by atoms with Gasteiger partial charge in [-0.15, -0.1) is 11.3 Å². The molecule has 0 unspecified atom stereocenters. The zero-order chi connectivity index (χ0) is 24.8. The largest absolute Gasteiger partial charge is 0.493 e. The predicted octanol–water partition coefficient (Wildman–Crippen LogP) is 7.43. The minimum absolute atomic E-state index is 0.259. The molecule has 0 aliphatic rings. The summed E-state index contributed by atoms with van der Waals surface area (Å²) in [6.07, 6.45) is 3.20. The van der Waals surface area contributed by atoms with Crippen molar-refractivity contribution in [2.75, 3.05) is 12.4 Å². The summed E-state index contributed by atoms with van der Waals surface area (Å²) >= 11 is 4.96. The van der Waals surface area contributed by atoms with Crippen molar-refractivity contribution in [3.05, 3.63) is 98.8 Å². The van der Waals surface area contributed by atoms with Crippen molar-refractivity contribution in [3.8, 4) is 22.8 Å². The van der Waals surface area contributed by atoms with Crippen LogP contribution in [0.2, 0.25) is 0 Å².